The minimum Gasteiger partial charge on any atom is -0.325 e. The fourth-order valence-electron chi connectivity index (χ4n) is 2.46. The number of halogens is 1. The highest BCUT2D eigenvalue weighted by Crippen LogP contribution is 2.12. The van der Waals surface area contributed by atoms with Gasteiger partial charge >= 0.3 is 0 Å². The molecular formula is C20H23FN2O. The number of carbonyl (C=O) groups is 1. The van der Waals surface area contributed by atoms with Crippen LogP contribution in [0.25, 0.3) is 0 Å². The second-order valence-electron chi connectivity index (χ2n) is 5.65. The number of hydrogen-bond acceptors (Lipinski definition) is 2. The van der Waals surface area contributed by atoms with E-state index in [1.807, 2.05) is 29.2 Å². The van der Waals surface area contributed by atoms with Gasteiger partial charge in [-0.15, -0.1) is 6.58 Å². The van der Waals surface area contributed by atoms with Crippen LogP contribution in [0.2, 0.25) is 0 Å². The molecule has 0 saturated heterocycles. The van der Waals surface area contributed by atoms with Crippen LogP contribution in [-0.2, 0) is 17.8 Å². The number of anilines is 1. The molecule has 0 spiro atoms. The third kappa shape index (κ3) is 5.32. The Balaban J connectivity index is 1.97. The number of carbonyl (C=O) groups excluding carboxylic acids is 1. The quantitative estimate of drug-likeness (QED) is 0.743. The molecule has 2 aromatic carbocycles. The zero-order valence-electron chi connectivity index (χ0n) is 14.0. The summed E-state index contributed by atoms with van der Waals surface area (Å²) >= 11 is 0. The lowest BCUT2D eigenvalue weighted by Gasteiger charge is -2.20. The van der Waals surface area contributed by atoms with E-state index in [9.17, 15) is 9.18 Å². The minimum atomic E-state index is -0.262. The maximum absolute atomic E-state index is 13.8. The fraction of sp³-hybridized carbons (Fsp3) is 0.250. The highest BCUT2D eigenvalue weighted by molar-refractivity contribution is 5.92. The van der Waals surface area contributed by atoms with Gasteiger partial charge in [0.15, 0.2) is 0 Å². The fourth-order valence-corrected chi connectivity index (χ4v) is 2.46. The molecule has 1 amide bonds. The first-order valence-electron chi connectivity index (χ1n) is 8.07. The standard InChI is InChI=1S/C20H23FN2O/c1-3-13-23(14-17-7-5-6-8-19(17)21)15-20(24)22-18-11-9-16(4-2)10-12-18/h3,5-12H,1,4,13-15H2,2H3,(H,22,24). The molecule has 0 fully saturated rings. The molecule has 0 bridgehead atoms. The molecule has 24 heavy (non-hydrogen) atoms. The lowest BCUT2D eigenvalue weighted by Crippen LogP contribution is -2.33. The van der Waals surface area contributed by atoms with Crippen LogP contribution in [0.5, 0.6) is 0 Å². The average molecular weight is 326 g/mol. The first kappa shape index (κ1) is 17.9. The highest BCUT2D eigenvalue weighted by atomic mass is 19.1. The molecule has 0 radical (unpaired) electrons. The Morgan fingerprint density at radius 3 is 2.54 bits per heavy atom. The van der Waals surface area contributed by atoms with Gasteiger partial charge in [0.2, 0.25) is 5.91 Å². The number of aryl methyl sites for hydroxylation is 1. The predicted molar refractivity (Wildman–Crippen MR) is 96.3 cm³/mol. The molecule has 0 aromatic heterocycles. The van der Waals surface area contributed by atoms with Crippen LogP contribution in [0.1, 0.15) is 18.1 Å². The topological polar surface area (TPSA) is 32.3 Å². The van der Waals surface area contributed by atoms with E-state index in [1.54, 1.807) is 24.3 Å². The van der Waals surface area contributed by atoms with Crippen molar-refractivity contribution in [3.8, 4) is 0 Å². The molecule has 2 aromatic rings. The van der Waals surface area contributed by atoms with Crippen LogP contribution >= 0.6 is 0 Å². The third-order valence-corrected chi connectivity index (χ3v) is 3.75. The number of benzene rings is 2. The van der Waals surface area contributed by atoms with Crippen LogP contribution < -0.4 is 5.32 Å². The van der Waals surface area contributed by atoms with Gasteiger partial charge in [0.05, 0.1) is 6.54 Å². The van der Waals surface area contributed by atoms with Crippen molar-refractivity contribution in [2.75, 3.05) is 18.4 Å². The molecule has 1 N–H and O–H groups in total. The maximum atomic E-state index is 13.8. The molecule has 0 heterocycles. The van der Waals surface area contributed by atoms with E-state index in [0.717, 1.165) is 12.1 Å². The molecule has 0 aliphatic rings. The van der Waals surface area contributed by atoms with Crippen molar-refractivity contribution < 1.29 is 9.18 Å². The number of nitrogens with zero attached hydrogens (tertiary/aromatic N) is 1. The van der Waals surface area contributed by atoms with Crippen LogP contribution in [0.3, 0.4) is 0 Å². The van der Waals surface area contributed by atoms with Gasteiger partial charge in [0, 0.05) is 24.3 Å². The molecule has 3 nitrogen and oxygen atoms in total. The zero-order chi connectivity index (χ0) is 17.4. The summed E-state index contributed by atoms with van der Waals surface area (Å²) in [7, 11) is 0. The summed E-state index contributed by atoms with van der Waals surface area (Å²) in [6.45, 7) is 6.84. The van der Waals surface area contributed by atoms with Gasteiger partial charge in [-0.2, -0.15) is 0 Å². The Morgan fingerprint density at radius 1 is 1.21 bits per heavy atom. The largest absolute Gasteiger partial charge is 0.325 e. The smallest absolute Gasteiger partial charge is 0.238 e. The van der Waals surface area contributed by atoms with Gasteiger partial charge in [-0.05, 0) is 30.2 Å². The molecule has 0 aliphatic heterocycles. The molecule has 126 valence electrons. The lowest BCUT2D eigenvalue weighted by atomic mass is 10.1. The van der Waals surface area contributed by atoms with Crippen LogP contribution in [0, 0.1) is 5.82 Å². The average Bonchev–Trinajstić information content (AvgIpc) is 2.58. The van der Waals surface area contributed by atoms with Gasteiger partial charge < -0.3 is 5.32 Å². The van der Waals surface area contributed by atoms with Crippen molar-refractivity contribution >= 4 is 11.6 Å². The summed E-state index contributed by atoms with van der Waals surface area (Å²) in [6.07, 6.45) is 2.67. The molecule has 0 saturated carbocycles. The van der Waals surface area contributed by atoms with Crippen molar-refractivity contribution in [1.82, 2.24) is 4.90 Å². The Hall–Kier alpha value is -2.46. The van der Waals surface area contributed by atoms with Crippen LogP contribution in [-0.4, -0.2) is 23.9 Å². The molecule has 0 unspecified atom stereocenters. The molecule has 0 aliphatic carbocycles. The van der Waals surface area contributed by atoms with Gasteiger partial charge in [0.25, 0.3) is 0 Å². The number of amides is 1. The molecule has 4 heteroatoms. The summed E-state index contributed by atoms with van der Waals surface area (Å²) in [4.78, 5) is 14.1. The normalized spacial score (nSPS) is 10.6. The number of rotatable bonds is 8. The van der Waals surface area contributed by atoms with Gasteiger partial charge in [-0.1, -0.05) is 43.3 Å². The van der Waals surface area contributed by atoms with E-state index in [1.165, 1.54) is 11.6 Å². The van der Waals surface area contributed by atoms with Crippen molar-refractivity contribution in [3.63, 3.8) is 0 Å². The highest BCUT2D eigenvalue weighted by Gasteiger charge is 2.12. The number of nitrogens with one attached hydrogen (secondary N) is 1. The van der Waals surface area contributed by atoms with E-state index >= 15 is 0 Å². The second kappa shape index (κ2) is 8.99. The van der Waals surface area contributed by atoms with E-state index in [-0.39, 0.29) is 18.3 Å². The van der Waals surface area contributed by atoms with E-state index in [2.05, 4.69) is 18.8 Å². The predicted octanol–water partition coefficient (Wildman–Crippen LogP) is 4.01. The molecule has 2 rings (SSSR count). The summed E-state index contributed by atoms with van der Waals surface area (Å²) in [6, 6.07) is 14.4. The summed E-state index contributed by atoms with van der Waals surface area (Å²) in [5, 5.41) is 2.87. The van der Waals surface area contributed by atoms with Gasteiger partial charge in [-0.3, -0.25) is 9.69 Å². The summed E-state index contributed by atoms with van der Waals surface area (Å²) < 4.78 is 13.8. The van der Waals surface area contributed by atoms with E-state index < -0.39 is 0 Å². The number of hydrogen-bond donors (Lipinski definition) is 1. The van der Waals surface area contributed by atoms with Gasteiger partial charge in [-0.25, -0.2) is 4.39 Å². The Bertz CT molecular complexity index is 682. The zero-order valence-corrected chi connectivity index (χ0v) is 14.0. The van der Waals surface area contributed by atoms with Gasteiger partial charge in [0.1, 0.15) is 5.82 Å². The SMILES string of the molecule is C=CCN(CC(=O)Nc1ccc(CC)cc1)Cc1ccccc1F. The van der Waals surface area contributed by atoms with Crippen molar-refractivity contribution in [2.24, 2.45) is 0 Å². The summed E-state index contributed by atoms with van der Waals surface area (Å²) in [5.74, 6) is -0.389. The van der Waals surface area contributed by atoms with Crippen molar-refractivity contribution in [3.05, 3.63) is 78.1 Å². The first-order valence-corrected chi connectivity index (χ1v) is 8.07. The maximum Gasteiger partial charge on any atom is 0.238 e. The van der Waals surface area contributed by atoms with Crippen molar-refractivity contribution in [1.29, 1.82) is 0 Å². The lowest BCUT2D eigenvalue weighted by molar-refractivity contribution is -0.117. The second-order valence-corrected chi connectivity index (χ2v) is 5.65. The van der Waals surface area contributed by atoms with Crippen LogP contribution in [0.4, 0.5) is 10.1 Å². The van der Waals surface area contributed by atoms with Crippen LogP contribution in [0.15, 0.2) is 61.2 Å². The Morgan fingerprint density at radius 2 is 1.92 bits per heavy atom. The Labute approximate surface area is 142 Å². The third-order valence-electron chi connectivity index (χ3n) is 3.75. The first-order chi connectivity index (χ1) is 11.6. The molecule has 0 atom stereocenters. The van der Waals surface area contributed by atoms with E-state index in [4.69, 9.17) is 0 Å². The monoisotopic (exact) mass is 326 g/mol. The summed E-state index contributed by atoms with van der Waals surface area (Å²) in [5.41, 5.74) is 2.56. The minimum absolute atomic E-state index is 0.127. The van der Waals surface area contributed by atoms with E-state index in [0.29, 0.717) is 18.7 Å². The Kier molecular flexibility index (Phi) is 6.70. The molecular weight excluding hydrogens is 303 g/mol. The van der Waals surface area contributed by atoms with Crippen molar-refractivity contribution in [2.45, 2.75) is 19.9 Å².